The predicted molar refractivity (Wildman–Crippen MR) is 64.9 cm³/mol. The van der Waals surface area contributed by atoms with Gasteiger partial charge in [-0.3, -0.25) is 9.59 Å². The van der Waals surface area contributed by atoms with Crippen LogP contribution in [0.15, 0.2) is 18.2 Å². The first kappa shape index (κ1) is 12.1. The standard InChI is InChI=1S/C12H13N3O4/c16-11-10-2-1-5-14(10)12(17)8-4-3-7(15(18)19)6-9(8)13-11/h3-4,6,10,15,18H,1-2,5H2,(H,13,16). The Labute approximate surface area is 108 Å². The first-order valence-electron chi connectivity index (χ1n) is 6.07. The fourth-order valence-corrected chi connectivity index (χ4v) is 2.62. The zero-order valence-electron chi connectivity index (χ0n) is 10.0. The monoisotopic (exact) mass is 263 g/mol. The molecule has 0 bridgehead atoms. The smallest absolute Gasteiger partial charge is 0.256 e. The third kappa shape index (κ3) is 1.88. The maximum atomic E-state index is 12.3. The van der Waals surface area contributed by atoms with E-state index in [1.54, 1.807) is 4.90 Å². The van der Waals surface area contributed by atoms with E-state index in [9.17, 15) is 14.8 Å². The van der Waals surface area contributed by atoms with Gasteiger partial charge in [0, 0.05) is 18.7 Å². The minimum Gasteiger partial charge on any atom is -0.595 e. The third-order valence-corrected chi connectivity index (χ3v) is 3.57. The largest absolute Gasteiger partial charge is 0.595 e. The number of fused-ring (bicyclic) bond motifs is 2. The number of rotatable bonds is 1. The summed E-state index contributed by atoms with van der Waals surface area (Å²) in [6.45, 7) is 0.567. The van der Waals surface area contributed by atoms with Gasteiger partial charge < -0.3 is 15.4 Å². The molecule has 2 heterocycles. The highest BCUT2D eigenvalue weighted by Crippen LogP contribution is 2.29. The lowest BCUT2D eigenvalue weighted by atomic mass is 10.1. The Morgan fingerprint density at radius 1 is 1.42 bits per heavy atom. The number of carbonyl (C=O) groups excluding carboxylic acids is 2. The summed E-state index contributed by atoms with van der Waals surface area (Å²) in [5, 5.41) is 21.4. The molecule has 0 radical (unpaired) electrons. The summed E-state index contributed by atoms with van der Waals surface area (Å²) < 4.78 is 0. The molecule has 1 aromatic rings. The molecule has 2 unspecified atom stereocenters. The van der Waals surface area contributed by atoms with Crippen LogP contribution < -0.4 is 10.5 Å². The summed E-state index contributed by atoms with van der Waals surface area (Å²) in [5.41, 5.74) is 0.681. The zero-order chi connectivity index (χ0) is 13.6. The Balaban J connectivity index is 2.07. The molecular weight excluding hydrogens is 250 g/mol. The number of nitrogens with one attached hydrogen (secondary N) is 2. The minimum atomic E-state index is -1.09. The van der Waals surface area contributed by atoms with Gasteiger partial charge in [-0.15, -0.1) is 0 Å². The van der Waals surface area contributed by atoms with Gasteiger partial charge in [-0.05, 0) is 18.9 Å². The zero-order valence-corrected chi connectivity index (χ0v) is 10.0. The SMILES string of the molecule is O=C1Nc2cc([NH+]([O-])O)ccc2C(=O)N2CCCC12. The van der Waals surface area contributed by atoms with Gasteiger partial charge in [0.1, 0.15) is 6.04 Å². The van der Waals surface area contributed by atoms with Crippen molar-refractivity contribution in [3.05, 3.63) is 29.0 Å². The molecule has 0 saturated carbocycles. The van der Waals surface area contributed by atoms with Crippen molar-refractivity contribution >= 4 is 23.2 Å². The van der Waals surface area contributed by atoms with Crippen LogP contribution in [-0.4, -0.2) is 34.5 Å². The molecule has 3 N–H and O–H groups in total. The molecule has 2 aliphatic heterocycles. The number of benzene rings is 1. The third-order valence-electron chi connectivity index (χ3n) is 3.57. The fourth-order valence-electron chi connectivity index (χ4n) is 2.62. The van der Waals surface area contributed by atoms with Crippen LogP contribution in [-0.2, 0) is 4.79 Å². The average Bonchev–Trinajstić information content (AvgIpc) is 2.83. The van der Waals surface area contributed by atoms with E-state index in [-0.39, 0.29) is 23.2 Å². The van der Waals surface area contributed by atoms with Crippen LogP contribution in [0.2, 0.25) is 0 Å². The Bertz CT molecular complexity index is 558. The summed E-state index contributed by atoms with van der Waals surface area (Å²) in [5.74, 6) is -0.458. The van der Waals surface area contributed by atoms with E-state index in [0.29, 0.717) is 18.5 Å². The molecule has 2 aliphatic rings. The van der Waals surface area contributed by atoms with Crippen LogP contribution in [0.5, 0.6) is 0 Å². The van der Waals surface area contributed by atoms with Gasteiger partial charge in [-0.25, -0.2) is 5.21 Å². The van der Waals surface area contributed by atoms with Crippen LogP contribution in [0, 0.1) is 5.21 Å². The van der Waals surface area contributed by atoms with Crippen LogP contribution in [0.3, 0.4) is 0 Å². The van der Waals surface area contributed by atoms with Crippen LogP contribution in [0.25, 0.3) is 0 Å². The van der Waals surface area contributed by atoms with Gasteiger partial charge in [0.05, 0.1) is 11.3 Å². The Kier molecular flexibility index (Phi) is 2.74. The molecule has 2 atom stereocenters. The molecule has 3 rings (SSSR count). The average molecular weight is 263 g/mol. The van der Waals surface area contributed by atoms with Gasteiger partial charge in [0.25, 0.3) is 5.91 Å². The number of anilines is 1. The molecule has 1 aromatic carbocycles. The molecule has 0 aliphatic carbocycles. The molecule has 0 spiro atoms. The van der Waals surface area contributed by atoms with Crippen LogP contribution in [0.4, 0.5) is 11.4 Å². The van der Waals surface area contributed by atoms with E-state index in [1.807, 2.05) is 0 Å². The maximum Gasteiger partial charge on any atom is 0.256 e. The van der Waals surface area contributed by atoms with E-state index in [2.05, 4.69) is 5.32 Å². The number of hydrogen-bond donors (Lipinski definition) is 3. The van der Waals surface area contributed by atoms with Gasteiger partial charge in [-0.1, -0.05) is 0 Å². The van der Waals surface area contributed by atoms with Crippen molar-refractivity contribution in [3.8, 4) is 0 Å². The normalized spacial score (nSPS) is 23.5. The fraction of sp³-hybridized carbons (Fsp3) is 0.333. The maximum absolute atomic E-state index is 12.3. The van der Waals surface area contributed by atoms with Gasteiger partial charge in [-0.2, -0.15) is 5.23 Å². The van der Waals surface area contributed by atoms with E-state index < -0.39 is 11.3 Å². The second-order valence-electron chi connectivity index (χ2n) is 4.71. The quantitative estimate of drug-likeness (QED) is 0.603. The van der Waals surface area contributed by atoms with Crippen molar-refractivity contribution < 1.29 is 20.0 Å². The summed E-state index contributed by atoms with van der Waals surface area (Å²) >= 11 is 0. The van der Waals surface area contributed by atoms with E-state index in [0.717, 1.165) is 6.42 Å². The molecule has 100 valence electrons. The lowest BCUT2D eigenvalue weighted by Gasteiger charge is -2.19. The highest BCUT2D eigenvalue weighted by Gasteiger charge is 2.38. The first-order valence-corrected chi connectivity index (χ1v) is 6.07. The van der Waals surface area contributed by atoms with Crippen molar-refractivity contribution in [2.75, 3.05) is 11.9 Å². The second kappa shape index (κ2) is 4.30. The number of carbonyl (C=O) groups is 2. The number of hydrogen-bond acceptors (Lipinski definition) is 4. The molecule has 7 heteroatoms. The second-order valence-corrected chi connectivity index (χ2v) is 4.71. The van der Waals surface area contributed by atoms with Crippen LogP contribution >= 0.6 is 0 Å². The highest BCUT2D eigenvalue weighted by molar-refractivity contribution is 6.10. The van der Waals surface area contributed by atoms with Gasteiger partial charge in [0.15, 0.2) is 5.69 Å². The molecular formula is C12H13N3O4. The van der Waals surface area contributed by atoms with E-state index >= 15 is 0 Å². The van der Waals surface area contributed by atoms with E-state index in [1.165, 1.54) is 18.2 Å². The summed E-state index contributed by atoms with van der Waals surface area (Å²) in [7, 11) is 0. The number of nitrogens with zero attached hydrogens (tertiary/aromatic N) is 1. The van der Waals surface area contributed by atoms with Gasteiger partial charge in [0.2, 0.25) is 5.91 Å². The molecule has 1 saturated heterocycles. The molecule has 0 aromatic heterocycles. The Morgan fingerprint density at radius 3 is 2.95 bits per heavy atom. The van der Waals surface area contributed by atoms with Crippen molar-refractivity contribution in [2.24, 2.45) is 0 Å². The highest BCUT2D eigenvalue weighted by atomic mass is 16.8. The van der Waals surface area contributed by atoms with Crippen molar-refractivity contribution in [2.45, 2.75) is 18.9 Å². The van der Waals surface area contributed by atoms with Crippen molar-refractivity contribution in [1.29, 1.82) is 0 Å². The first-order chi connectivity index (χ1) is 9.08. The summed E-state index contributed by atoms with van der Waals surface area (Å²) in [6, 6.07) is 3.73. The summed E-state index contributed by atoms with van der Waals surface area (Å²) in [6.07, 6.45) is 1.46. The lowest BCUT2D eigenvalue weighted by molar-refractivity contribution is -0.991. The molecule has 2 amide bonds. The topological polar surface area (TPSA) is 97.1 Å². The predicted octanol–water partition coefficient (Wildman–Crippen LogP) is -0.353. The van der Waals surface area contributed by atoms with E-state index in [4.69, 9.17) is 5.21 Å². The van der Waals surface area contributed by atoms with Crippen molar-refractivity contribution in [3.63, 3.8) is 0 Å². The Morgan fingerprint density at radius 2 is 2.21 bits per heavy atom. The number of quaternary nitrogens is 1. The number of amides is 2. The van der Waals surface area contributed by atoms with Crippen LogP contribution in [0.1, 0.15) is 23.2 Å². The lowest BCUT2D eigenvalue weighted by Crippen LogP contribution is -2.99. The molecule has 1 fully saturated rings. The summed E-state index contributed by atoms with van der Waals surface area (Å²) in [4.78, 5) is 25.9. The van der Waals surface area contributed by atoms with Gasteiger partial charge >= 0.3 is 0 Å². The Hall–Kier alpha value is -1.96. The van der Waals surface area contributed by atoms with Crippen molar-refractivity contribution in [1.82, 2.24) is 4.90 Å². The molecule has 19 heavy (non-hydrogen) atoms. The minimum absolute atomic E-state index is 0.0499. The molecule has 7 nitrogen and oxygen atoms in total.